The van der Waals surface area contributed by atoms with Crippen molar-refractivity contribution in [3.05, 3.63) is 105 Å². The van der Waals surface area contributed by atoms with E-state index in [1.807, 2.05) is 34.7 Å². The number of carbonyl (C=O) groups is 1. The van der Waals surface area contributed by atoms with Crippen LogP contribution in [0.5, 0.6) is 17.2 Å². The molecule has 5 aromatic rings. The zero-order valence-corrected chi connectivity index (χ0v) is 37.0. The van der Waals surface area contributed by atoms with Crippen molar-refractivity contribution in [1.82, 2.24) is 29.2 Å². The fourth-order valence-electron chi connectivity index (χ4n) is 6.08. The summed E-state index contributed by atoms with van der Waals surface area (Å²) in [5.41, 5.74) is 6.22. The van der Waals surface area contributed by atoms with Crippen molar-refractivity contribution < 1.29 is 45.7 Å². The Bertz CT molecular complexity index is 2390. The van der Waals surface area contributed by atoms with E-state index in [1.165, 1.54) is 25.1 Å². The van der Waals surface area contributed by atoms with Gasteiger partial charge in [0.1, 0.15) is 39.2 Å². The Labute approximate surface area is 357 Å². The van der Waals surface area contributed by atoms with Crippen LogP contribution in [0.25, 0.3) is 11.4 Å². The Balaban J connectivity index is 1.67. The second-order valence-electron chi connectivity index (χ2n) is 14.4. The third-order valence-electron chi connectivity index (χ3n) is 9.08. The standard InChI is InChI=1S/C39H46IN7O10S2/c1-39(2,3)36(57-38(41)49)32(48)21-42-58(50,51)33-20-19-31(40)34(37-43-45-47(44-37)24-27-11-17-30(56-6)18-12-27)35(33)59(52,53)46(22-25-7-13-28(54-4)14-8-25)23-26-9-15-29(55-5)16-10-26/h7-20,32,36,42,48H,21-24H2,1-6H3,(H2,41,49)/t32?,36-/m0/s1. The Morgan fingerprint density at radius 1 is 0.831 bits per heavy atom. The molecule has 0 bridgehead atoms. The summed E-state index contributed by atoms with van der Waals surface area (Å²) >= 11 is 1.90. The molecule has 0 radical (unpaired) electrons. The van der Waals surface area contributed by atoms with Gasteiger partial charge in [-0.25, -0.2) is 26.4 Å². The zero-order valence-electron chi connectivity index (χ0n) is 33.2. The molecule has 59 heavy (non-hydrogen) atoms. The van der Waals surface area contributed by atoms with Crippen molar-refractivity contribution in [2.24, 2.45) is 11.1 Å². The summed E-state index contributed by atoms with van der Waals surface area (Å²) in [5, 5.41) is 24.0. The number of ether oxygens (including phenoxy) is 4. The minimum Gasteiger partial charge on any atom is -0.497 e. The lowest BCUT2D eigenvalue weighted by Gasteiger charge is -2.33. The normalized spacial score (nSPS) is 13.2. The number of primary amides is 1. The molecule has 0 aliphatic heterocycles. The first-order valence-corrected chi connectivity index (χ1v) is 22.0. The number of aromatic nitrogens is 4. The summed E-state index contributed by atoms with van der Waals surface area (Å²) in [6.45, 7) is 4.11. The number of hydrogen-bond acceptors (Lipinski definition) is 13. The number of methoxy groups -OCH3 is 3. The molecule has 20 heteroatoms. The number of benzene rings is 4. The van der Waals surface area contributed by atoms with Gasteiger partial charge >= 0.3 is 6.09 Å². The zero-order chi connectivity index (χ0) is 43.1. The maximum absolute atomic E-state index is 15.4. The molecule has 2 atom stereocenters. The molecule has 17 nitrogen and oxygen atoms in total. The van der Waals surface area contributed by atoms with Gasteiger partial charge in [-0.3, -0.25) is 0 Å². The number of aliphatic hydroxyl groups is 1. The summed E-state index contributed by atoms with van der Waals surface area (Å²) in [6, 6.07) is 23.3. The van der Waals surface area contributed by atoms with Gasteiger partial charge in [0.05, 0.1) is 33.4 Å². The number of nitrogens with two attached hydrogens (primary N) is 1. The maximum Gasteiger partial charge on any atom is 0.404 e. The minimum atomic E-state index is -4.83. The molecular formula is C39H46IN7O10S2. The largest absolute Gasteiger partial charge is 0.497 e. The third-order valence-corrected chi connectivity index (χ3v) is 13.5. The molecule has 0 fully saturated rings. The molecule has 316 valence electrons. The number of hydrogen-bond donors (Lipinski definition) is 3. The highest BCUT2D eigenvalue weighted by molar-refractivity contribution is 14.1. The quantitative estimate of drug-likeness (QED) is 0.103. The molecular weight excluding hydrogens is 918 g/mol. The highest BCUT2D eigenvalue weighted by Crippen LogP contribution is 2.38. The van der Waals surface area contributed by atoms with Gasteiger partial charge in [-0.2, -0.15) is 9.10 Å². The topological polar surface area (TPSA) is 227 Å². The number of sulfonamides is 2. The summed E-state index contributed by atoms with van der Waals surface area (Å²) < 4.78 is 84.5. The average molecular weight is 964 g/mol. The first kappa shape index (κ1) is 45.2. The fourth-order valence-corrected chi connectivity index (χ4v) is 10.4. The third kappa shape index (κ3) is 11.2. The number of aliphatic hydroxyl groups excluding tert-OH is 1. The molecule has 1 unspecified atom stereocenters. The lowest BCUT2D eigenvalue weighted by molar-refractivity contribution is -0.0477. The smallest absolute Gasteiger partial charge is 0.404 e. The summed E-state index contributed by atoms with van der Waals surface area (Å²) in [4.78, 5) is 11.7. The molecule has 0 spiro atoms. The van der Waals surface area contributed by atoms with E-state index in [9.17, 15) is 18.3 Å². The molecule has 4 aromatic carbocycles. The van der Waals surface area contributed by atoms with Crippen LogP contribution in [-0.4, -0.2) is 92.6 Å². The van der Waals surface area contributed by atoms with Crippen molar-refractivity contribution in [1.29, 1.82) is 0 Å². The van der Waals surface area contributed by atoms with Crippen LogP contribution >= 0.6 is 22.6 Å². The SMILES string of the molecule is COc1ccc(CN(Cc2ccc(OC)cc2)S(=O)(=O)c2c(S(=O)(=O)NCC(O)[C@H](OC(N)=O)C(C)(C)C)ccc(I)c2-c2nnn(Cc3ccc(OC)cc3)n2)cc1. The van der Waals surface area contributed by atoms with Crippen LogP contribution in [0.3, 0.4) is 0 Å². The van der Waals surface area contributed by atoms with E-state index in [2.05, 4.69) is 20.1 Å². The Morgan fingerprint density at radius 3 is 1.78 bits per heavy atom. The number of rotatable bonds is 18. The first-order chi connectivity index (χ1) is 27.9. The van der Waals surface area contributed by atoms with Gasteiger partial charge in [-0.1, -0.05) is 57.2 Å². The van der Waals surface area contributed by atoms with E-state index in [0.29, 0.717) is 31.9 Å². The van der Waals surface area contributed by atoms with E-state index >= 15 is 8.42 Å². The van der Waals surface area contributed by atoms with Gasteiger partial charge in [0.2, 0.25) is 25.9 Å². The van der Waals surface area contributed by atoms with Gasteiger partial charge < -0.3 is 29.8 Å². The molecule has 4 N–H and O–H groups in total. The molecule has 0 aliphatic carbocycles. The lowest BCUT2D eigenvalue weighted by Crippen LogP contribution is -2.48. The Kier molecular flexibility index (Phi) is 14.6. The number of nitrogens with one attached hydrogen (secondary N) is 1. The lowest BCUT2D eigenvalue weighted by atomic mass is 9.85. The number of amides is 1. The number of nitrogens with zero attached hydrogens (tertiary/aromatic N) is 5. The number of carbonyl (C=O) groups excluding carboxylic acids is 1. The molecule has 0 saturated heterocycles. The van der Waals surface area contributed by atoms with Crippen LogP contribution in [0.4, 0.5) is 4.79 Å². The number of tetrazole rings is 1. The predicted molar refractivity (Wildman–Crippen MR) is 226 cm³/mol. The molecule has 1 heterocycles. The van der Waals surface area contributed by atoms with Gasteiger partial charge in [0.25, 0.3) is 0 Å². The van der Waals surface area contributed by atoms with Crippen LogP contribution in [-0.2, 0) is 44.4 Å². The highest BCUT2D eigenvalue weighted by Gasteiger charge is 2.39. The van der Waals surface area contributed by atoms with Gasteiger partial charge in [-0.15, -0.1) is 10.2 Å². The van der Waals surface area contributed by atoms with E-state index in [1.54, 1.807) is 88.5 Å². The van der Waals surface area contributed by atoms with Gasteiger partial charge in [-0.05, 0) is 93.0 Å². The molecule has 5 rings (SSSR count). The summed E-state index contributed by atoms with van der Waals surface area (Å²) in [6.07, 6.45) is -3.97. The summed E-state index contributed by atoms with van der Waals surface area (Å²) in [7, 11) is -5.04. The fraction of sp³-hybridized carbons (Fsp3) is 0.333. The maximum atomic E-state index is 15.4. The highest BCUT2D eigenvalue weighted by atomic mass is 127. The minimum absolute atomic E-state index is 0.117. The van der Waals surface area contributed by atoms with Gasteiger partial charge in [0.15, 0.2) is 0 Å². The van der Waals surface area contributed by atoms with Crippen molar-refractivity contribution in [3.8, 4) is 28.6 Å². The van der Waals surface area contributed by atoms with Crippen LogP contribution < -0.4 is 24.7 Å². The monoisotopic (exact) mass is 963 g/mol. The Morgan fingerprint density at radius 2 is 1.32 bits per heavy atom. The molecule has 0 saturated carbocycles. The van der Waals surface area contributed by atoms with Crippen molar-refractivity contribution >= 4 is 48.7 Å². The van der Waals surface area contributed by atoms with Gasteiger partial charge in [0, 0.05) is 28.6 Å². The second kappa shape index (κ2) is 19.0. The first-order valence-electron chi connectivity index (χ1n) is 18.0. The predicted octanol–water partition coefficient (Wildman–Crippen LogP) is 4.56. The van der Waals surface area contributed by atoms with E-state index in [0.717, 1.165) is 15.9 Å². The van der Waals surface area contributed by atoms with E-state index < -0.39 is 60.1 Å². The van der Waals surface area contributed by atoms with E-state index in [-0.39, 0.29) is 31.0 Å². The van der Waals surface area contributed by atoms with Crippen LogP contribution in [0.2, 0.25) is 0 Å². The Hall–Kier alpha value is -4.87. The number of halogens is 1. The molecule has 1 aromatic heterocycles. The average Bonchev–Trinajstić information content (AvgIpc) is 3.66. The van der Waals surface area contributed by atoms with Crippen LogP contribution in [0.15, 0.2) is 94.7 Å². The van der Waals surface area contributed by atoms with Crippen molar-refractivity contribution in [3.63, 3.8) is 0 Å². The second-order valence-corrected chi connectivity index (χ2v) is 19.1. The van der Waals surface area contributed by atoms with Crippen molar-refractivity contribution in [2.45, 2.75) is 62.4 Å². The van der Waals surface area contributed by atoms with Crippen LogP contribution in [0.1, 0.15) is 37.5 Å². The van der Waals surface area contributed by atoms with Crippen molar-refractivity contribution in [2.75, 3.05) is 27.9 Å². The summed E-state index contributed by atoms with van der Waals surface area (Å²) in [5.74, 6) is 1.60. The molecule has 1 amide bonds. The van der Waals surface area contributed by atoms with E-state index in [4.69, 9.17) is 24.7 Å². The molecule has 0 aliphatic rings. The van der Waals surface area contributed by atoms with Crippen LogP contribution in [0, 0.1) is 8.99 Å².